The van der Waals surface area contributed by atoms with Gasteiger partial charge in [-0.15, -0.1) is 0 Å². The van der Waals surface area contributed by atoms with Crippen LogP contribution in [0.5, 0.6) is 0 Å². The molecule has 1 aromatic rings. The van der Waals surface area contributed by atoms with Crippen molar-refractivity contribution in [1.82, 2.24) is 5.32 Å². The second-order valence-corrected chi connectivity index (χ2v) is 5.73. The van der Waals surface area contributed by atoms with Gasteiger partial charge in [-0.1, -0.05) is 6.07 Å². The summed E-state index contributed by atoms with van der Waals surface area (Å²) in [6.07, 6.45) is 2.98. The molecule has 6 heteroatoms. The predicted octanol–water partition coefficient (Wildman–Crippen LogP) is 1.71. The van der Waals surface area contributed by atoms with Crippen LogP contribution in [-0.2, 0) is 10.8 Å². The number of amides is 2. The summed E-state index contributed by atoms with van der Waals surface area (Å²) in [7, 11) is -1.07. The standard InChI is InChI=1S/C13H20N2O3S/c1-10(5-4-8-16)14-13(17)15-11-6-3-7-12(9-11)19(2)18/h3,6-7,9-10,16H,4-5,8H2,1-2H3,(H2,14,15,17). The first-order chi connectivity index (χ1) is 9.02. The molecule has 5 nitrogen and oxygen atoms in total. The number of rotatable bonds is 6. The van der Waals surface area contributed by atoms with Crippen molar-refractivity contribution < 1.29 is 14.1 Å². The highest BCUT2D eigenvalue weighted by Crippen LogP contribution is 2.13. The van der Waals surface area contributed by atoms with Crippen molar-refractivity contribution in [2.24, 2.45) is 0 Å². The van der Waals surface area contributed by atoms with Gasteiger partial charge < -0.3 is 15.7 Å². The first kappa shape index (κ1) is 15.7. The van der Waals surface area contributed by atoms with Crippen molar-refractivity contribution in [1.29, 1.82) is 0 Å². The minimum Gasteiger partial charge on any atom is -0.396 e. The van der Waals surface area contributed by atoms with Crippen molar-refractivity contribution in [2.75, 3.05) is 18.2 Å². The lowest BCUT2D eigenvalue weighted by molar-refractivity contribution is 0.245. The van der Waals surface area contributed by atoms with E-state index < -0.39 is 10.8 Å². The summed E-state index contributed by atoms with van der Waals surface area (Å²) in [4.78, 5) is 12.4. The Labute approximate surface area is 115 Å². The second-order valence-electron chi connectivity index (χ2n) is 4.35. The quantitative estimate of drug-likeness (QED) is 0.744. The molecular formula is C13H20N2O3S. The molecule has 0 spiro atoms. The molecule has 19 heavy (non-hydrogen) atoms. The van der Waals surface area contributed by atoms with Gasteiger partial charge >= 0.3 is 6.03 Å². The Morgan fingerprint density at radius 3 is 2.84 bits per heavy atom. The fourth-order valence-electron chi connectivity index (χ4n) is 1.61. The van der Waals surface area contributed by atoms with E-state index in [2.05, 4.69) is 10.6 Å². The number of nitrogens with one attached hydrogen (secondary N) is 2. The van der Waals surface area contributed by atoms with Crippen LogP contribution in [0.4, 0.5) is 10.5 Å². The minimum atomic E-state index is -1.07. The van der Waals surface area contributed by atoms with Gasteiger partial charge in [0.15, 0.2) is 0 Å². The van der Waals surface area contributed by atoms with Crippen LogP contribution in [0.15, 0.2) is 29.2 Å². The summed E-state index contributed by atoms with van der Waals surface area (Å²) < 4.78 is 11.3. The number of anilines is 1. The van der Waals surface area contributed by atoms with Crippen molar-refractivity contribution in [2.45, 2.75) is 30.7 Å². The molecule has 0 aromatic heterocycles. The van der Waals surface area contributed by atoms with Crippen LogP contribution in [0.2, 0.25) is 0 Å². The van der Waals surface area contributed by atoms with Crippen LogP contribution in [0.3, 0.4) is 0 Å². The zero-order valence-corrected chi connectivity index (χ0v) is 12.0. The molecule has 106 valence electrons. The zero-order chi connectivity index (χ0) is 14.3. The topological polar surface area (TPSA) is 78.4 Å². The Kier molecular flexibility index (Phi) is 6.52. The van der Waals surface area contributed by atoms with Crippen molar-refractivity contribution in [3.63, 3.8) is 0 Å². The van der Waals surface area contributed by atoms with Gasteiger partial charge in [-0.2, -0.15) is 0 Å². The third-order valence-electron chi connectivity index (χ3n) is 2.60. The number of aliphatic hydroxyl groups excluding tert-OH is 1. The summed E-state index contributed by atoms with van der Waals surface area (Å²) in [5.74, 6) is 0. The van der Waals surface area contributed by atoms with E-state index in [-0.39, 0.29) is 18.7 Å². The Bertz CT molecular complexity index is 451. The van der Waals surface area contributed by atoms with Gasteiger partial charge in [0.05, 0.1) is 0 Å². The monoisotopic (exact) mass is 284 g/mol. The third kappa shape index (κ3) is 5.85. The van der Waals surface area contributed by atoms with Crippen LogP contribution < -0.4 is 10.6 Å². The number of aliphatic hydroxyl groups is 1. The number of benzene rings is 1. The van der Waals surface area contributed by atoms with Crippen LogP contribution in [0.25, 0.3) is 0 Å². The van der Waals surface area contributed by atoms with Gasteiger partial charge in [0.2, 0.25) is 0 Å². The Morgan fingerprint density at radius 2 is 2.21 bits per heavy atom. The summed E-state index contributed by atoms with van der Waals surface area (Å²) in [5.41, 5.74) is 0.611. The van der Waals surface area contributed by atoms with E-state index in [0.717, 1.165) is 6.42 Å². The lowest BCUT2D eigenvalue weighted by Crippen LogP contribution is -2.36. The molecule has 1 rings (SSSR count). The molecule has 1 aromatic carbocycles. The third-order valence-corrected chi connectivity index (χ3v) is 3.51. The number of carbonyl (C=O) groups is 1. The van der Waals surface area contributed by atoms with Crippen LogP contribution in [0, 0.1) is 0 Å². The average Bonchev–Trinajstić information content (AvgIpc) is 2.36. The van der Waals surface area contributed by atoms with Gasteiger partial charge in [-0.3, -0.25) is 4.21 Å². The molecular weight excluding hydrogens is 264 g/mol. The van der Waals surface area contributed by atoms with Crippen LogP contribution >= 0.6 is 0 Å². The lowest BCUT2D eigenvalue weighted by Gasteiger charge is -2.14. The van der Waals surface area contributed by atoms with Gasteiger partial charge in [-0.25, -0.2) is 4.79 Å². The van der Waals surface area contributed by atoms with Crippen LogP contribution in [-0.4, -0.2) is 34.3 Å². The lowest BCUT2D eigenvalue weighted by atomic mass is 10.2. The smallest absolute Gasteiger partial charge is 0.319 e. The summed E-state index contributed by atoms with van der Waals surface area (Å²) in [5, 5.41) is 14.2. The van der Waals surface area contributed by atoms with Crippen molar-refractivity contribution in [3.05, 3.63) is 24.3 Å². The Morgan fingerprint density at radius 1 is 1.47 bits per heavy atom. The molecule has 0 saturated carbocycles. The normalized spacial score (nSPS) is 13.6. The van der Waals surface area contributed by atoms with E-state index in [9.17, 15) is 9.00 Å². The Hall–Kier alpha value is -1.40. The summed E-state index contributed by atoms with van der Waals surface area (Å²) in [6, 6.07) is 6.63. The number of hydrogen-bond donors (Lipinski definition) is 3. The van der Waals surface area contributed by atoms with Crippen LogP contribution in [0.1, 0.15) is 19.8 Å². The first-order valence-corrected chi connectivity index (χ1v) is 7.70. The first-order valence-electron chi connectivity index (χ1n) is 6.15. The maximum Gasteiger partial charge on any atom is 0.319 e. The molecule has 0 bridgehead atoms. The van der Waals surface area contributed by atoms with Crippen molar-refractivity contribution >= 4 is 22.5 Å². The molecule has 0 aliphatic carbocycles. The maximum atomic E-state index is 11.7. The largest absolute Gasteiger partial charge is 0.396 e. The van der Waals surface area contributed by atoms with Gasteiger partial charge in [0.25, 0.3) is 0 Å². The molecule has 0 heterocycles. The van der Waals surface area contributed by atoms with E-state index >= 15 is 0 Å². The molecule has 0 aliphatic heterocycles. The van der Waals surface area contributed by atoms with Gasteiger partial charge in [0, 0.05) is 40.3 Å². The molecule has 0 aliphatic rings. The highest BCUT2D eigenvalue weighted by atomic mass is 32.2. The molecule has 2 atom stereocenters. The fraction of sp³-hybridized carbons (Fsp3) is 0.462. The Balaban J connectivity index is 2.52. The highest BCUT2D eigenvalue weighted by Gasteiger charge is 2.07. The predicted molar refractivity (Wildman–Crippen MR) is 76.7 cm³/mol. The van der Waals surface area contributed by atoms with Gasteiger partial charge in [0.1, 0.15) is 0 Å². The second kappa shape index (κ2) is 7.91. The highest BCUT2D eigenvalue weighted by molar-refractivity contribution is 7.84. The van der Waals surface area contributed by atoms with E-state index in [4.69, 9.17) is 5.11 Å². The maximum absolute atomic E-state index is 11.7. The minimum absolute atomic E-state index is 0.00404. The number of carbonyl (C=O) groups excluding carboxylic acids is 1. The van der Waals surface area contributed by atoms with E-state index in [1.807, 2.05) is 6.92 Å². The van der Waals surface area contributed by atoms with Crippen molar-refractivity contribution in [3.8, 4) is 0 Å². The zero-order valence-electron chi connectivity index (χ0n) is 11.2. The molecule has 2 unspecified atom stereocenters. The van der Waals surface area contributed by atoms with E-state index in [1.165, 1.54) is 0 Å². The summed E-state index contributed by atoms with van der Waals surface area (Å²) >= 11 is 0. The fourth-order valence-corrected chi connectivity index (χ4v) is 2.18. The molecule has 0 radical (unpaired) electrons. The number of hydrogen-bond acceptors (Lipinski definition) is 3. The molecule has 0 fully saturated rings. The number of urea groups is 1. The average molecular weight is 284 g/mol. The molecule has 2 amide bonds. The van der Waals surface area contributed by atoms with E-state index in [1.54, 1.807) is 30.5 Å². The van der Waals surface area contributed by atoms with E-state index in [0.29, 0.717) is 17.0 Å². The molecule has 3 N–H and O–H groups in total. The summed E-state index contributed by atoms with van der Waals surface area (Å²) in [6.45, 7) is 2.00. The SMILES string of the molecule is CC(CCCO)NC(=O)Nc1cccc(S(C)=O)c1. The molecule has 0 saturated heterocycles. The van der Waals surface area contributed by atoms with Gasteiger partial charge in [-0.05, 0) is 38.0 Å².